The molecule has 4 aromatic carbocycles. The number of fused-ring (bicyclic) bond motifs is 2. The van der Waals surface area contributed by atoms with E-state index in [0.717, 1.165) is 86.1 Å². The third kappa shape index (κ3) is 29.2. The van der Waals surface area contributed by atoms with Gasteiger partial charge in [-0.15, -0.1) is 0 Å². The van der Waals surface area contributed by atoms with Crippen LogP contribution in [-0.4, -0.2) is 63.7 Å². The van der Waals surface area contributed by atoms with Crippen LogP contribution in [0.2, 0.25) is 0 Å². The van der Waals surface area contributed by atoms with Crippen LogP contribution in [0.15, 0.2) is 70.5 Å². The van der Waals surface area contributed by atoms with E-state index < -0.39 is 20.2 Å². The minimum absolute atomic E-state index is 0. The molecule has 9 heteroatoms. The van der Waals surface area contributed by atoms with Crippen LogP contribution in [0.5, 0.6) is 0 Å². The fourth-order valence-electron chi connectivity index (χ4n) is 10.7. The average Bonchev–Trinajstić information content (AvgIpc) is 3.35. The van der Waals surface area contributed by atoms with Gasteiger partial charge in [0.25, 0.3) is 0 Å². The molecule has 4 rings (SSSR count). The van der Waals surface area contributed by atoms with Crippen molar-refractivity contribution in [2.24, 2.45) is 0 Å². The largest absolute Gasteiger partial charge is 2.00 e. The van der Waals surface area contributed by atoms with Gasteiger partial charge >= 0.3 is 37.7 Å². The summed E-state index contributed by atoms with van der Waals surface area (Å²) in [6.07, 6.45) is 50.0. The standard InChI is InChI=1S/2C32H52O3S.Ca/c2*1-3-5-7-9-11-13-15-17-19-22-28-26-29(23-20-18-16-14-12-10-8-6-4-2)32-30(27-28)24-21-25-31(32)36(33,34)35;/h2*21,24-27H,3-20,22-23H2,1-2H3,(H,33,34,35);/q;;+2/p-2. The number of hydrogen-bond donors (Lipinski definition) is 0. The fourth-order valence-corrected chi connectivity index (χ4v) is 12.2. The van der Waals surface area contributed by atoms with E-state index in [-0.39, 0.29) is 47.5 Å². The van der Waals surface area contributed by atoms with Gasteiger partial charge in [-0.05, 0) is 96.5 Å². The summed E-state index contributed by atoms with van der Waals surface area (Å²) in [6.45, 7) is 9.02. The molecule has 0 aliphatic carbocycles. The van der Waals surface area contributed by atoms with Gasteiger partial charge in [0.05, 0.1) is 9.79 Å². The van der Waals surface area contributed by atoms with Crippen LogP contribution in [0.25, 0.3) is 21.5 Å². The Morgan fingerprint density at radius 1 is 0.315 bits per heavy atom. The average molecular weight is 1070 g/mol. The van der Waals surface area contributed by atoms with Crippen LogP contribution in [0.4, 0.5) is 0 Å². The molecule has 0 aromatic heterocycles. The van der Waals surface area contributed by atoms with Crippen molar-refractivity contribution in [2.45, 2.75) is 294 Å². The molecule has 0 amide bonds. The second-order valence-electron chi connectivity index (χ2n) is 21.4. The van der Waals surface area contributed by atoms with Gasteiger partial charge in [0, 0.05) is 10.8 Å². The number of benzene rings is 4. The number of aryl methyl sites for hydroxylation is 4. The van der Waals surface area contributed by atoms with Crippen LogP contribution in [-0.2, 0) is 45.9 Å². The predicted molar refractivity (Wildman–Crippen MR) is 313 cm³/mol. The van der Waals surface area contributed by atoms with Crippen molar-refractivity contribution in [2.75, 3.05) is 0 Å². The molecule has 0 bridgehead atoms. The molecule has 4 aromatic rings. The van der Waals surface area contributed by atoms with Gasteiger partial charge in [-0.1, -0.05) is 282 Å². The molecular formula is C64H102CaO6S2. The first kappa shape index (κ1) is 67.6. The number of rotatable bonds is 42. The summed E-state index contributed by atoms with van der Waals surface area (Å²) in [5.74, 6) is 0. The van der Waals surface area contributed by atoms with Crippen molar-refractivity contribution in [3.8, 4) is 0 Å². The maximum atomic E-state index is 12.0. The van der Waals surface area contributed by atoms with Crippen LogP contribution in [0.1, 0.15) is 281 Å². The minimum Gasteiger partial charge on any atom is -0.744 e. The van der Waals surface area contributed by atoms with Crippen LogP contribution >= 0.6 is 0 Å². The van der Waals surface area contributed by atoms with E-state index in [1.54, 1.807) is 12.1 Å². The van der Waals surface area contributed by atoms with E-state index in [9.17, 15) is 25.9 Å². The van der Waals surface area contributed by atoms with Gasteiger partial charge in [-0.2, -0.15) is 0 Å². The Morgan fingerprint density at radius 2 is 0.548 bits per heavy atom. The van der Waals surface area contributed by atoms with Crippen LogP contribution in [0.3, 0.4) is 0 Å². The maximum Gasteiger partial charge on any atom is 2.00 e. The normalized spacial score (nSPS) is 11.8. The van der Waals surface area contributed by atoms with Gasteiger partial charge in [-0.3, -0.25) is 0 Å². The summed E-state index contributed by atoms with van der Waals surface area (Å²) in [7, 11) is -9.00. The Bertz CT molecular complexity index is 2100. The summed E-state index contributed by atoms with van der Waals surface area (Å²) in [6, 6.07) is 18.9. The number of hydrogen-bond acceptors (Lipinski definition) is 6. The monoisotopic (exact) mass is 1070 g/mol. The van der Waals surface area contributed by atoms with E-state index in [2.05, 4.69) is 52.0 Å². The smallest absolute Gasteiger partial charge is 0.744 e. The summed E-state index contributed by atoms with van der Waals surface area (Å²) in [5.41, 5.74) is 4.63. The summed E-state index contributed by atoms with van der Waals surface area (Å²) in [4.78, 5) is -0.110. The van der Waals surface area contributed by atoms with Gasteiger partial charge < -0.3 is 9.11 Å². The summed E-state index contributed by atoms with van der Waals surface area (Å²) in [5, 5.41) is 3.10. The molecule has 0 saturated carbocycles. The Morgan fingerprint density at radius 3 is 0.795 bits per heavy atom. The third-order valence-electron chi connectivity index (χ3n) is 14.9. The molecule has 0 spiro atoms. The molecule has 6 nitrogen and oxygen atoms in total. The molecule has 0 saturated heterocycles. The van der Waals surface area contributed by atoms with Crippen molar-refractivity contribution < 1.29 is 25.9 Å². The van der Waals surface area contributed by atoms with E-state index >= 15 is 0 Å². The molecule has 0 heterocycles. The zero-order valence-electron chi connectivity index (χ0n) is 47.0. The van der Waals surface area contributed by atoms with E-state index in [0.29, 0.717) is 10.8 Å². The molecule has 73 heavy (non-hydrogen) atoms. The first-order valence-corrected chi connectivity index (χ1v) is 32.8. The van der Waals surface area contributed by atoms with Crippen molar-refractivity contribution in [3.63, 3.8) is 0 Å². The van der Waals surface area contributed by atoms with Crippen molar-refractivity contribution in [1.29, 1.82) is 0 Å². The Hall–Kier alpha value is -1.52. The zero-order chi connectivity index (χ0) is 52.1. The zero-order valence-corrected chi connectivity index (χ0v) is 50.9. The van der Waals surface area contributed by atoms with E-state index in [1.807, 2.05) is 12.1 Å². The predicted octanol–water partition coefficient (Wildman–Crippen LogP) is 19.4. The number of unbranched alkanes of at least 4 members (excludes halogenated alkanes) is 32. The van der Waals surface area contributed by atoms with Crippen molar-refractivity contribution >= 4 is 79.5 Å². The summed E-state index contributed by atoms with van der Waals surface area (Å²) < 4.78 is 72.0. The second-order valence-corrected chi connectivity index (χ2v) is 24.1. The first-order chi connectivity index (χ1) is 34.9. The SMILES string of the molecule is CCCCCCCCCCCc1cc(CCCCCCCCCCC)c2c(S(=O)(=O)[O-])cccc2c1.CCCCCCCCCCCc1cc(CCCCCCCCCCC)c2c(S(=O)(=O)[O-])cccc2c1.[Ca+2]. The van der Waals surface area contributed by atoms with E-state index in [4.69, 9.17) is 0 Å². The molecule has 0 fully saturated rings. The molecule has 0 N–H and O–H groups in total. The molecule has 0 aliphatic rings. The van der Waals surface area contributed by atoms with Gasteiger partial charge in [0.1, 0.15) is 20.2 Å². The van der Waals surface area contributed by atoms with Crippen LogP contribution < -0.4 is 0 Å². The molecule has 0 unspecified atom stereocenters. The van der Waals surface area contributed by atoms with Crippen molar-refractivity contribution in [1.82, 2.24) is 0 Å². The molecule has 408 valence electrons. The van der Waals surface area contributed by atoms with E-state index in [1.165, 1.54) is 216 Å². The molecule has 0 aliphatic heterocycles. The third-order valence-corrected chi connectivity index (χ3v) is 16.7. The minimum atomic E-state index is -4.50. The first-order valence-electron chi connectivity index (χ1n) is 29.9. The maximum absolute atomic E-state index is 12.0. The fraction of sp³-hybridized carbons (Fsp3) is 0.688. The molecule has 0 radical (unpaired) electrons. The summed E-state index contributed by atoms with van der Waals surface area (Å²) >= 11 is 0. The van der Waals surface area contributed by atoms with Gasteiger partial charge in [0.15, 0.2) is 0 Å². The Labute approximate surface area is 478 Å². The topological polar surface area (TPSA) is 114 Å². The van der Waals surface area contributed by atoms with Crippen LogP contribution in [0, 0.1) is 0 Å². The molecule has 0 atom stereocenters. The van der Waals surface area contributed by atoms with Gasteiger partial charge in [0.2, 0.25) is 0 Å². The molecular weight excluding hydrogens is 969 g/mol. The second kappa shape index (κ2) is 41.6. The van der Waals surface area contributed by atoms with Gasteiger partial charge in [-0.25, -0.2) is 16.8 Å². The Balaban J connectivity index is 0.000000493. The Kier molecular flexibility index (Phi) is 38.5. The van der Waals surface area contributed by atoms with Crippen molar-refractivity contribution in [3.05, 3.63) is 82.9 Å². The quantitative estimate of drug-likeness (QED) is 0.0248.